The average Bonchev–Trinajstić information content (AvgIpc) is 2.75. The maximum atomic E-state index is 11.2. The lowest BCUT2D eigenvalue weighted by molar-refractivity contribution is -0.119. The summed E-state index contributed by atoms with van der Waals surface area (Å²) in [6.07, 6.45) is 0.530. The Kier molecular flexibility index (Phi) is 3.10. The molecule has 1 aromatic rings. The maximum Gasteiger partial charge on any atom is 0.240 e. The molecule has 1 heterocycles. The van der Waals surface area contributed by atoms with Gasteiger partial charge < -0.3 is 5.11 Å². The van der Waals surface area contributed by atoms with Gasteiger partial charge in [0.2, 0.25) is 5.91 Å². The van der Waals surface area contributed by atoms with Crippen LogP contribution in [-0.4, -0.2) is 24.2 Å². The van der Waals surface area contributed by atoms with Crippen LogP contribution in [-0.2, 0) is 4.79 Å². The van der Waals surface area contributed by atoms with E-state index in [1.165, 1.54) is 0 Å². The van der Waals surface area contributed by atoms with Crippen LogP contribution in [0.2, 0.25) is 0 Å². The monoisotopic (exact) mass is 220 g/mol. The first kappa shape index (κ1) is 11.0. The summed E-state index contributed by atoms with van der Waals surface area (Å²) in [6.45, 7) is 2.77. The van der Waals surface area contributed by atoms with Gasteiger partial charge in [0.25, 0.3) is 0 Å². The number of carbonyl (C=O) groups is 1. The van der Waals surface area contributed by atoms with Crippen LogP contribution in [0, 0.1) is 0 Å². The lowest BCUT2D eigenvalue weighted by atomic mass is 10.00. The summed E-state index contributed by atoms with van der Waals surface area (Å²) in [4.78, 5) is 11.2. The van der Waals surface area contributed by atoms with Crippen LogP contribution in [0.4, 0.5) is 5.69 Å². The van der Waals surface area contributed by atoms with E-state index in [4.69, 9.17) is 0 Å². The van der Waals surface area contributed by atoms with Crippen LogP contribution in [0.15, 0.2) is 24.3 Å². The van der Waals surface area contributed by atoms with Crippen LogP contribution >= 0.6 is 0 Å². The average molecular weight is 220 g/mol. The third kappa shape index (κ3) is 2.02. The summed E-state index contributed by atoms with van der Waals surface area (Å²) in [5.41, 5.74) is 4.85. The van der Waals surface area contributed by atoms with E-state index in [-0.39, 0.29) is 18.4 Å². The Hall–Kier alpha value is -1.55. The maximum absolute atomic E-state index is 11.2. The van der Waals surface area contributed by atoms with Crippen molar-refractivity contribution in [1.29, 1.82) is 0 Å². The van der Waals surface area contributed by atoms with Crippen molar-refractivity contribution in [3.05, 3.63) is 29.8 Å². The summed E-state index contributed by atoms with van der Waals surface area (Å²) in [5, 5.41) is 11.1. The molecule has 1 aliphatic heterocycles. The Morgan fingerprint density at radius 3 is 2.88 bits per heavy atom. The van der Waals surface area contributed by atoms with E-state index in [1.54, 1.807) is 0 Å². The summed E-state index contributed by atoms with van der Waals surface area (Å²) in [7, 11) is 0. The molecule has 16 heavy (non-hydrogen) atoms. The predicted molar refractivity (Wildman–Crippen MR) is 62.0 cm³/mol. The zero-order valence-electron chi connectivity index (χ0n) is 9.31. The molecule has 0 bridgehead atoms. The Morgan fingerprint density at radius 1 is 1.50 bits per heavy atom. The van der Waals surface area contributed by atoms with Crippen LogP contribution in [0.5, 0.6) is 0 Å². The molecule has 0 aromatic heterocycles. The highest BCUT2D eigenvalue weighted by molar-refractivity contribution is 5.82. The molecule has 2 rings (SSSR count). The first-order valence-electron chi connectivity index (χ1n) is 5.49. The Labute approximate surface area is 94.9 Å². The number of aliphatic hydroxyl groups is 1. The van der Waals surface area contributed by atoms with Crippen molar-refractivity contribution in [2.75, 3.05) is 18.2 Å². The molecule has 1 saturated heterocycles. The van der Waals surface area contributed by atoms with E-state index in [2.05, 4.69) is 5.43 Å². The van der Waals surface area contributed by atoms with Crippen molar-refractivity contribution < 1.29 is 9.90 Å². The third-order valence-electron chi connectivity index (χ3n) is 2.85. The number of amides is 1. The number of anilines is 1. The van der Waals surface area contributed by atoms with Crippen LogP contribution in [0.1, 0.15) is 24.8 Å². The minimum atomic E-state index is 0.0476. The number of para-hydroxylation sites is 1. The highest BCUT2D eigenvalue weighted by Crippen LogP contribution is 2.27. The van der Waals surface area contributed by atoms with Crippen molar-refractivity contribution in [1.82, 2.24) is 5.43 Å². The first-order chi connectivity index (χ1) is 7.72. The van der Waals surface area contributed by atoms with Gasteiger partial charge in [-0.15, -0.1) is 0 Å². The largest absolute Gasteiger partial charge is 0.396 e. The summed E-state index contributed by atoms with van der Waals surface area (Å²) in [5.74, 6) is 0.125. The number of rotatable bonds is 3. The molecule has 0 saturated carbocycles. The predicted octanol–water partition coefficient (Wildman–Crippen LogP) is 1.02. The SMILES string of the molecule is CC(CO)c1ccccc1N1CCC(=O)N1. The topological polar surface area (TPSA) is 52.6 Å². The Balaban J connectivity index is 2.29. The van der Waals surface area contributed by atoms with Gasteiger partial charge in [0.15, 0.2) is 0 Å². The van der Waals surface area contributed by atoms with Crippen molar-refractivity contribution in [3.63, 3.8) is 0 Å². The molecule has 1 atom stereocenters. The molecular formula is C12H16N2O2. The molecule has 1 aromatic carbocycles. The first-order valence-corrected chi connectivity index (χ1v) is 5.49. The number of hydrogen-bond donors (Lipinski definition) is 2. The molecule has 1 fully saturated rings. The molecular weight excluding hydrogens is 204 g/mol. The number of hydrogen-bond acceptors (Lipinski definition) is 3. The van der Waals surface area contributed by atoms with Gasteiger partial charge in [-0.3, -0.25) is 15.2 Å². The lowest BCUT2D eigenvalue weighted by Crippen LogP contribution is -2.33. The van der Waals surface area contributed by atoms with Crippen LogP contribution in [0.25, 0.3) is 0 Å². The molecule has 0 spiro atoms. The molecule has 4 nitrogen and oxygen atoms in total. The highest BCUT2D eigenvalue weighted by Gasteiger charge is 2.21. The molecule has 2 N–H and O–H groups in total. The fourth-order valence-corrected chi connectivity index (χ4v) is 1.90. The second-order valence-corrected chi connectivity index (χ2v) is 4.08. The van der Waals surface area contributed by atoms with E-state index in [0.29, 0.717) is 13.0 Å². The highest BCUT2D eigenvalue weighted by atomic mass is 16.3. The van der Waals surface area contributed by atoms with E-state index in [1.807, 2.05) is 36.2 Å². The van der Waals surface area contributed by atoms with Gasteiger partial charge >= 0.3 is 0 Å². The lowest BCUT2D eigenvalue weighted by Gasteiger charge is -2.23. The van der Waals surface area contributed by atoms with Crippen molar-refractivity contribution in [2.45, 2.75) is 19.3 Å². The zero-order valence-corrected chi connectivity index (χ0v) is 9.31. The normalized spacial score (nSPS) is 17.4. The Morgan fingerprint density at radius 2 is 2.25 bits per heavy atom. The van der Waals surface area contributed by atoms with Crippen molar-refractivity contribution in [2.24, 2.45) is 0 Å². The minimum Gasteiger partial charge on any atom is -0.396 e. The van der Waals surface area contributed by atoms with Gasteiger partial charge in [0.1, 0.15) is 0 Å². The van der Waals surface area contributed by atoms with E-state index >= 15 is 0 Å². The summed E-state index contributed by atoms with van der Waals surface area (Å²) in [6, 6.07) is 7.84. The fraction of sp³-hybridized carbons (Fsp3) is 0.417. The van der Waals surface area contributed by atoms with Crippen molar-refractivity contribution in [3.8, 4) is 0 Å². The van der Waals surface area contributed by atoms with Crippen LogP contribution in [0.3, 0.4) is 0 Å². The molecule has 86 valence electrons. The molecule has 1 amide bonds. The molecule has 0 aliphatic carbocycles. The number of benzene rings is 1. The zero-order chi connectivity index (χ0) is 11.5. The second kappa shape index (κ2) is 4.53. The second-order valence-electron chi connectivity index (χ2n) is 4.08. The van der Waals surface area contributed by atoms with Gasteiger partial charge in [-0.25, -0.2) is 0 Å². The van der Waals surface area contributed by atoms with Gasteiger partial charge in [0, 0.05) is 25.5 Å². The van der Waals surface area contributed by atoms with Crippen LogP contribution < -0.4 is 10.4 Å². The van der Waals surface area contributed by atoms with Crippen molar-refractivity contribution >= 4 is 11.6 Å². The molecule has 1 unspecified atom stereocenters. The molecule has 0 radical (unpaired) electrons. The number of hydrazine groups is 1. The summed E-state index contributed by atoms with van der Waals surface area (Å²) >= 11 is 0. The molecule has 1 aliphatic rings. The number of aliphatic hydroxyl groups excluding tert-OH is 1. The van der Waals surface area contributed by atoms with Gasteiger partial charge in [-0.1, -0.05) is 25.1 Å². The minimum absolute atomic E-state index is 0.0476. The van der Waals surface area contributed by atoms with Gasteiger partial charge in [-0.05, 0) is 11.6 Å². The van der Waals surface area contributed by atoms with E-state index in [9.17, 15) is 9.90 Å². The Bertz CT molecular complexity index is 392. The summed E-state index contributed by atoms with van der Waals surface area (Å²) < 4.78 is 0. The molecule has 4 heteroatoms. The van der Waals surface area contributed by atoms with E-state index < -0.39 is 0 Å². The van der Waals surface area contributed by atoms with Gasteiger partial charge in [0.05, 0.1) is 5.69 Å². The standard InChI is InChI=1S/C12H16N2O2/c1-9(8-15)10-4-2-3-5-11(10)14-7-6-12(16)13-14/h2-5,9,15H,6-8H2,1H3,(H,13,16). The number of nitrogens with zero attached hydrogens (tertiary/aromatic N) is 1. The fourth-order valence-electron chi connectivity index (χ4n) is 1.90. The number of nitrogens with one attached hydrogen (secondary N) is 1. The quantitative estimate of drug-likeness (QED) is 0.799. The number of carbonyl (C=O) groups excluding carboxylic acids is 1. The smallest absolute Gasteiger partial charge is 0.240 e. The van der Waals surface area contributed by atoms with E-state index in [0.717, 1.165) is 11.3 Å². The van der Waals surface area contributed by atoms with Gasteiger partial charge in [-0.2, -0.15) is 0 Å². The third-order valence-corrected chi connectivity index (χ3v) is 2.85.